The van der Waals surface area contributed by atoms with Gasteiger partial charge in [-0.3, -0.25) is 0 Å². The summed E-state index contributed by atoms with van der Waals surface area (Å²) in [5, 5.41) is 16.1. The van der Waals surface area contributed by atoms with Crippen molar-refractivity contribution >= 4 is 12.4 Å². The quantitative estimate of drug-likeness (QED) is 0.711. The number of hydrogen-bond acceptors (Lipinski definition) is 4. The maximum atomic E-state index is 12.0. The smallest absolute Gasteiger partial charge is 0.272 e. The maximum Gasteiger partial charge on any atom is 0.272 e. The Morgan fingerprint density at radius 3 is 2.57 bits per heavy atom. The third-order valence-electron chi connectivity index (χ3n) is 3.34. The van der Waals surface area contributed by atoms with Crippen LogP contribution in [-0.2, 0) is 6.54 Å². The molecule has 0 aliphatic carbocycles. The molecular formula is C14H21ClF2N2O2. The first-order chi connectivity index (χ1) is 9.65. The van der Waals surface area contributed by atoms with Crippen molar-refractivity contribution in [2.75, 3.05) is 26.2 Å². The third-order valence-corrected chi connectivity index (χ3v) is 3.34. The second kappa shape index (κ2) is 9.15. The lowest BCUT2D eigenvalue weighted by Gasteiger charge is -2.14. The molecule has 1 heterocycles. The van der Waals surface area contributed by atoms with Gasteiger partial charge in [0.05, 0.1) is 6.10 Å². The molecule has 2 atom stereocenters. The molecule has 1 aliphatic rings. The number of ether oxygens (including phenoxy) is 1. The minimum absolute atomic E-state index is 0. The van der Waals surface area contributed by atoms with E-state index in [9.17, 15) is 13.9 Å². The van der Waals surface area contributed by atoms with Crippen molar-refractivity contribution in [2.24, 2.45) is 5.92 Å². The summed E-state index contributed by atoms with van der Waals surface area (Å²) in [6, 6.07) is 7.06. The van der Waals surface area contributed by atoms with Crippen molar-refractivity contribution in [2.45, 2.75) is 19.1 Å². The van der Waals surface area contributed by atoms with Crippen molar-refractivity contribution in [3.63, 3.8) is 0 Å². The van der Waals surface area contributed by atoms with Gasteiger partial charge in [0.1, 0.15) is 12.4 Å². The molecule has 1 fully saturated rings. The standard InChI is InChI=1S/C14H20F2N2O2.ClH/c15-14(16)9-20-12-3-1-10(2-4-12)5-17-6-11-7-18-8-13(11)19;/h1-4,11,13-14,17-19H,5-9H2;1H. The zero-order chi connectivity index (χ0) is 14.4. The zero-order valence-corrected chi connectivity index (χ0v) is 12.4. The summed E-state index contributed by atoms with van der Waals surface area (Å²) in [6.45, 7) is 2.33. The number of aliphatic hydroxyl groups excluding tert-OH is 1. The number of rotatable bonds is 7. The molecule has 1 aromatic rings. The molecule has 2 unspecified atom stereocenters. The summed E-state index contributed by atoms with van der Waals surface area (Å²) in [4.78, 5) is 0. The highest BCUT2D eigenvalue weighted by Crippen LogP contribution is 2.13. The zero-order valence-electron chi connectivity index (χ0n) is 11.6. The van der Waals surface area contributed by atoms with E-state index in [2.05, 4.69) is 10.6 Å². The fourth-order valence-corrected chi connectivity index (χ4v) is 2.19. The minimum Gasteiger partial charge on any atom is -0.488 e. The molecule has 7 heteroatoms. The first-order valence-electron chi connectivity index (χ1n) is 6.74. The van der Waals surface area contributed by atoms with Crippen LogP contribution in [-0.4, -0.2) is 43.9 Å². The van der Waals surface area contributed by atoms with Crippen molar-refractivity contribution in [1.29, 1.82) is 0 Å². The Kier molecular flexibility index (Phi) is 7.88. The lowest BCUT2D eigenvalue weighted by Crippen LogP contribution is -2.30. The van der Waals surface area contributed by atoms with E-state index in [-0.39, 0.29) is 24.4 Å². The Morgan fingerprint density at radius 2 is 2.00 bits per heavy atom. The Hall–Kier alpha value is -0.950. The van der Waals surface area contributed by atoms with Crippen LogP contribution in [0.3, 0.4) is 0 Å². The van der Waals surface area contributed by atoms with Gasteiger partial charge >= 0.3 is 0 Å². The van der Waals surface area contributed by atoms with Crippen LogP contribution < -0.4 is 15.4 Å². The predicted molar refractivity (Wildman–Crippen MR) is 79.3 cm³/mol. The summed E-state index contributed by atoms with van der Waals surface area (Å²) in [6.07, 6.45) is -2.74. The number of aliphatic hydroxyl groups is 1. The summed E-state index contributed by atoms with van der Waals surface area (Å²) in [5.41, 5.74) is 1.05. The van der Waals surface area contributed by atoms with E-state index < -0.39 is 13.0 Å². The van der Waals surface area contributed by atoms with Gasteiger partial charge in [0.25, 0.3) is 6.43 Å². The lowest BCUT2D eigenvalue weighted by atomic mass is 10.1. The van der Waals surface area contributed by atoms with Crippen LogP contribution >= 0.6 is 12.4 Å². The molecule has 0 saturated carbocycles. The largest absolute Gasteiger partial charge is 0.488 e. The summed E-state index contributed by atoms with van der Waals surface area (Å²) in [7, 11) is 0. The minimum atomic E-state index is -2.46. The number of hydrogen-bond donors (Lipinski definition) is 3. The average Bonchev–Trinajstić information content (AvgIpc) is 2.83. The summed E-state index contributed by atoms with van der Waals surface area (Å²) < 4.78 is 28.9. The fraction of sp³-hybridized carbons (Fsp3) is 0.571. The van der Waals surface area contributed by atoms with E-state index in [0.717, 1.165) is 18.7 Å². The summed E-state index contributed by atoms with van der Waals surface area (Å²) in [5.74, 6) is 0.688. The third kappa shape index (κ3) is 6.13. The van der Waals surface area contributed by atoms with Gasteiger partial charge in [0.2, 0.25) is 0 Å². The Bertz CT molecular complexity index is 406. The van der Waals surface area contributed by atoms with Crippen LogP contribution in [0.4, 0.5) is 8.78 Å². The van der Waals surface area contributed by atoms with E-state index in [0.29, 0.717) is 18.8 Å². The number of alkyl halides is 2. The molecule has 0 spiro atoms. The highest BCUT2D eigenvalue weighted by atomic mass is 35.5. The molecule has 1 aromatic carbocycles. The van der Waals surface area contributed by atoms with Gasteiger partial charge in [0, 0.05) is 32.1 Å². The highest BCUT2D eigenvalue weighted by molar-refractivity contribution is 5.85. The van der Waals surface area contributed by atoms with Crippen LogP contribution in [0.25, 0.3) is 0 Å². The van der Waals surface area contributed by atoms with E-state index in [1.165, 1.54) is 0 Å². The van der Waals surface area contributed by atoms with E-state index >= 15 is 0 Å². The molecule has 3 N–H and O–H groups in total. The van der Waals surface area contributed by atoms with E-state index in [1.807, 2.05) is 12.1 Å². The van der Waals surface area contributed by atoms with Crippen molar-refractivity contribution in [1.82, 2.24) is 10.6 Å². The average molecular weight is 323 g/mol. The second-order valence-corrected chi connectivity index (χ2v) is 4.96. The second-order valence-electron chi connectivity index (χ2n) is 4.96. The molecular weight excluding hydrogens is 302 g/mol. The molecule has 0 radical (unpaired) electrons. The van der Waals surface area contributed by atoms with Crippen molar-refractivity contribution in [3.8, 4) is 5.75 Å². The van der Waals surface area contributed by atoms with Gasteiger partial charge in [-0.2, -0.15) is 0 Å². The molecule has 0 aromatic heterocycles. The molecule has 0 amide bonds. The van der Waals surface area contributed by atoms with Crippen LogP contribution in [0.5, 0.6) is 5.75 Å². The molecule has 1 saturated heterocycles. The van der Waals surface area contributed by atoms with Gasteiger partial charge in [-0.05, 0) is 17.7 Å². The van der Waals surface area contributed by atoms with Crippen LogP contribution in [0, 0.1) is 5.92 Å². The van der Waals surface area contributed by atoms with Crippen molar-refractivity contribution in [3.05, 3.63) is 29.8 Å². The SMILES string of the molecule is Cl.OC1CNCC1CNCc1ccc(OCC(F)F)cc1. The number of benzene rings is 1. The van der Waals surface area contributed by atoms with Crippen LogP contribution in [0.2, 0.25) is 0 Å². The molecule has 0 bridgehead atoms. The summed E-state index contributed by atoms with van der Waals surface area (Å²) >= 11 is 0. The first-order valence-corrected chi connectivity index (χ1v) is 6.74. The molecule has 21 heavy (non-hydrogen) atoms. The van der Waals surface area contributed by atoms with Crippen LogP contribution in [0.15, 0.2) is 24.3 Å². The van der Waals surface area contributed by atoms with Gasteiger partial charge in [-0.15, -0.1) is 12.4 Å². The Balaban J connectivity index is 0.00000220. The van der Waals surface area contributed by atoms with E-state index in [4.69, 9.17) is 4.74 Å². The fourth-order valence-electron chi connectivity index (χ4n) is 2.19. The van der Waals surface area contributed by atoms with Crippen LogP contribution in [0.1, 0.15) is 5.56 Å². The van der Waals surface area contributed by atoms with Crippen molar-refractivity contribution < 1.29 is 18.6 Å². The maximum absolute atomic E-state index is 12.0. The molecule has 1 aliphatic heterocycles. The number of nitrogens with one attached hydrogen (secondary N) is 2. The van der Waals surface area contributed by atoms with Gasteiger partial charge in [0.15, 0.2) is 0 Å². The van der Waals surface area contributed by atoms with Gasteiger partial charge in [-0.1, -0.05) is 12.1 Å². The topological polar surface area (TPSA) is 53.5 Å². The molecule has 120 valence electrons. The monoisotopic (exact) mass is 322 g/mol. The normalized spacial score (nSPS) is 21.3. The molecule has 2 rings (SSSR count). The van der Waals surface area contributed by atoms with E-state index in [1.54, 1.807) is 12.1 Å². The number of halogens is 3. The lowest BCUT2D eigenvalue weighted by molar-refractivity contribution is 0.0819. The Labute approximate surface area is 129 Å². The Morgan fingerprint density at radius 1 is 1.29 bits per heavy atom. The highest BCUT2D eigenvalue weighted by Gasteiger charge is 2.23. The number of β-amino-alcohol motifs (C(OH)–C–C–N with tert-alkyl or cyclic N) is 1. The van der Waals surface area contributed by atoms with Gasteiger partial charge < -0.3 is 20.5 Å². The molecule has 4 nitrogen and oxygen atoms in total. The first kappa shape index (κ1) is 18.1. The van der Waals surface area contributed by atoms with Gasteiger partial charge in [-0.25, -0.2) is 8.78 Å². The predicted octanol–water partition coefficient (Wildman–Crippen LogP) is 1.42.